The van der Waals surface area contributed by atoms with Gasteiger partial charge < -0.3 is 27.4 Å². The van der Waals surface area contributed by atoms with Gasteiger partial charge in [0, 0.05) is 6.04 Å². The average Bonchev–Trinajstić information content (AvgIpc) is 2.86. The zero-order chi connectivity index (χ0) is 26.9. The van der Waals surface area contributed by atoms with Gasteiger partial charge in [0.2, 0.25) is 17.7 Å². The Bertz CT molecular complexity index is 559. The van der Waals surface area contributed by atoms with Gasteiger partial charge >= 0.3 is 0 Å². The molecule has 3 amide bonds. The molecule has 0 fully saturated rings. The number of hydrogen-bond donors (Lipinski definition) is 5. The summed E-state index contributed by atoms with van der Waals surface area (Å²) >= 11 is 0. The van der Waals surface area contributed by atoms with Crippen LogP contribution in [0.5, 0.6) is 0 Å². The van der Waals surface area contributed by atoms with Crippen molar-refractivity contribution >= 4 is 17.7 Å². The maximum atomic E-state index is 12.0. The highest BCUT2D eigenvalue weighted by Crippen LogP contribution is 2.14. The molecular weight excluding hydrogens is 454 g/mol. The minimum Gasteiger partial charge on any atom is -0.352 e. The van der Waals surface area contributed by atoms with Crippen LogP contribution >= 0.6 is 0 Å². The fourth-order valence-electron chi connectivity index (χ4n) is 4.23. The number of rotatable bonds is 25. The Hall–Kier alpha value is -1.67. The summed E-state index contributed by atoms with van der Waals surface area (Å²) in [5, 5.41) is 7.92. The van der Waals surface area contributed by atoms with Gasteiger partial charge in [-0.2, -0.15) is 0 Å². The quantitative estimate of drug-likeness (QED) is 0.118. The van der Waals surface area contributed by atoms with E-state index < -0.39 is 11.9 Å². The molecule has 0 heterocycles. The molecule has 0 aliphatic carbocycles. The number of carbonyl (C=O) groups excluding carboxylic acids is 3. The van der Waals surface area contributed by atoms with Gasteiger partial charge in [0.1, 0.15) is 0 Å². The molecule has 0 spiro atoms. The van der Waals surface area contributed by atoms with Crippen molar-refractivity contribution in [1.29, 1.82) is 0 Å². The molecule has 2 atom stereocenters. The Morgan fingerprint density at radius 2 is 1.11 bits per heavy atom. The van der Waals surface area contributed by atoms with Crippen LogP contribution in [0, 0.1) is 0 Å². The lowest BCUT2D eigenvalue weighted by Crippen LogP contribution is -2.47. The molecule has 0 radical (unpaired) electrons. The molecule has 0 saturated carbocycles. The molecule has 0 aliphatic rings. The Morgan fingerprint density at radius 1 is 0.639 bits per heavy atom. The van der Waals surface area contributed by atoms with Gasteiger partial charge in [-0.05, 0) is 32.7 Å². The normalized spacial score (nSPS) is 12.7. The molecule has 0 aromatic heterocycles. The molecular formula is C28H57N5O3. The summed E-state index contributed by atoms with van der Waals surface area (Å²) in [6, 6.07) is -0.596. The molecule has 8 nitrogen and oxygen atoms in total. The number of hydrogen-bond acceptors (Lipinski definition) is 5. The molecule has 0 aliphatic heterocycles. The predicted molar refractivity (Wildman–Crippen MR) is 149 cm³/mol. The van der Waals surface area contributed by atoms with Crippen LogP contribution in [-0.4, -0.2) is 49.4 Å². The first-order valence-electron chi connectivity index (χ1n) is 14.7. The molecule has 0 bridgehead atoms. The van der Waals surface area contributed by atoms with Crippen LogP contribution in [0.1, 0.15) is 129 Å². The van der Waals surface area contributed by atoms with Crippen molar-refractivity contribution in [2.45, 2.75) is 142 Å². The van der Waals surface area contributed by atoms with E-state index in [-0.39, 0.29) is 30.9 Å². The topological polar surface area (TPSA) is 139 Å². The molecule has 0 aromatic rings. The van der Waals surface area contributed by atoms with Crippen LogP contribution in [0.3, 0.4) is 0 Å². The van der Waals surface area contributed by atoms with Crippen molar-refractivity contribution < 1.29 is 14.4 Å². The molecule has 8 heteroatoms. The van der Waals surface area contributed by atoms with E-state index in [4.69, 9.17) is 11.5 Å². The largest absolute Gasteiger partial charge is 0.352 e. The average molecular weight is 512 g/mol. The van der Waals surface area contributed by atoms with Gasteiger partial charge in [-0.25, -0.2) is 0 Å². The molecule has 36 heavy (non-hydrogen) atoms. The van der Waals surface area contributed by atoms with Crippen molar-refractivity contribution in [3.63, 3.8) is 0 Å². The summed E-state index contributed by atoms with van der Waals surface area (Å²) in [4.78, 5) is 35.7. The summed E-state index contributed by atoms with van der Waals surface area (Å²) in [7, 11) is 0. The first kappa shape index (κ1) is 34.3. The third-order valence-corrected chi connectivity index (χ3v) is 6.57. The van der Waals surface area contributed by atoms with Crippen molar-refractivity contribution in [1.82, 2.24) is 16.0 Å². The zero-order valence-electron chi connectivity index (χ0n) is 23.4. The highest BCUT2D eigenvalue weighted by Gasteiger charge is 2.14. The summed E-state index contributed by atoms with van der Waals surface area (Å²) in [6.07, 6.45) is 22.2. The van der Waals surface area contributed by atoms with Gasteiger partial charge in [-0.15, -0.1) is 0 Å². The first-order valence-corrected chi connectivity index (χ1v) is 14.7. The number of carbonyl (C=O) groups is 3. The molecule has 7 N–H and O–H groups in total. The molecule has 0 aromatic carbocycles. The Kier molecular flexibility index (Phi) is 23.8. The van der Waals surface area contributed by atoms with E-state index in [9.17, 15) is 14.4 Å². The van der Waals surface area contributed by atoms with Gasteiger partial charge in [0.15, 0.2) is 0 Å². The number of nitrogens with two attached hydrogens (primary N) is 2. The molecule has 1 unspecified atom stereocenters. The van der Waals surface area contributed by atoms with E-state index in [2.05, 4.69) is 22.9 Å². The third kappa shape index (κ3) is 22.8. The van der Waals surface area contributed by atoms with E-state index in [0.29, 0.717) is 19.4 Å². The monoisotopic (exact) mass is 511 g/mol. The van der Waals surface area contributed by atoms with Gasteiger partial charge in [-0.3, -0.25) is 14.4 Å². The summed E-state index contributed by atoms with van der Waals surface area (Å²) in [5.41, 5.74) is 11.1. The summed E-state index contributed by atoms with van der Waals surface area (Å²) in [6.45, 7) is 4.43. The predicted octanol–water partition coefficient (Wildman–Crippen LogP) is 4.05. The number of amides is 3. The zero-order valence-corrected chi connectivity index (χ0v) is 23.4. The fourth-order valence-corrected chi connectivity index (χ4v) is 4.23. The van der Waals surface area contributed by atoms with Crippen molar-refractivity contribution in [3.8, 4) is 0 Å². The maximum absolute atomic E-state index is 12.0. The van der Waals surface area contributed by atoms with Crippen LogP contribution in [0.4, 0.5) is 0 Å². The standard InChI is InChI=1S/C28H57N5O3/c1-3-4-5-6-7-8-9-10-11-12-13-14-15-16-17-19-24(2)33-27(35)23-31-26(34)22-32-28(36)25(30)20-18-21-29/h24-25H,3-23,29-30H2,1-2H3,(H,31,34)(H,32,36)(H,33,35)/t24?,25-/m0/s1. The first-order chi connectivity index (χ1) is 17.4. The van der Waals surface area contributed by atoms with E-state index in [1.165, 1.54) is 89.9 Å². The van der Waals surface area contributed by atoms with E-state index in [1.807, 2.05) is 6.92 Å². The lowest BCUT2D eigenvalue weighted by atomic mass is 10.0. The van der Waals surface area contributed by atoms with Crippen molar-refractivity contribution in [2.75, 3.05) is 19.6 Å². The lowest BCUT2D eigenvalue weighted by Gasteiger charge is -2.15. The highest BCUT2D eigenvalue weighted by molar-refractivity contribution is 5.89. The Balaban J connectivity index is 3.55. The number of nitrogens with one attached hydrogen (secondary N) is 3. The van der Waals surface area contributed by atoms with Crippen molar-refractivity contribution in [2.24, 2.45) is 11.5 Å². The van der Waals surface area contributed by atoms with Crippen molar-refractivity contribution in [3.05, 3.63) is 0 Å². The van der Waals surface area contributed by atoms with Crippen LogP contribution in [0.15, 0.2) is 0 Å². The van der Waals surface area contributed by atoms with E-state index in [1.54, 1.807) is 0 Å². The minimum absolute atomic E-state index is 0.0802. The van der Waals surface area contributed by atoms with Gasteiger partial charge in [0.05, 0.1) is 19.1 Å². The minimum atomic E-state index is -0.676. The summed E-state index contributed by atoms with van der Waals surface area (Å²) in [5.74, 6) is -1.03. The van der Waals surface area contributed by atoms with Crippen LogP contribution in [0.25, 0.3) is 0 Å². The van der Waals surface area contributed by atoms with E-state index in [0.717, 1.165) is 12.8 Å². The third-order valence-electron chi connectivity index (χ3n) is 6.57. The molecule has 0 saturated heterocycles. The fraction of sp³-hybridized carbons (Fsp3) is 0.893. The SMILES string of the molecule is CCCCCCCCCCCCCCCCCC(C)NC(=O)CNC(=O)CNC(=O)[C@@H](N)CCCN. The molecule has 212 valence electrons. The molecule has 0 rings (SSSR count). The van der Waals surface area contributed by atoms with Gasteiger partial charge in [0.25, 0.3) is 0 Å². The van der Waals surface area contributed by atoms with E-state index >= 15 is 0 Å². The second kappa shape index (κ2) is 25.0. The van der Waals surface area contributed by atoms with Crippen LogP contribution < -0.4 is 27.4 Å². The van der Waals surface area contributed by atoms with Crippen LogP contribution in [-0.2, 0) is 14.4 Å². The summed E-state index contributed by atoms with van der Waals surface area (Å²) < 4.78 is 0. The second-order valence-corrected chi connectivity index (χ2v) is 10.2. The number of unbranched alkanes of at least 4 members (excludes halogenated alkanes) is 14. The Labute approximate surface area is 220 Å². The van der Waals surface area contributed by atoms with Crippen LogP contribution in [0.2, 0.25) is 0 Å². The second-order valence-electron chi connectivity index (χ2n) is 10.2. The Morgan fingerprint density at radius 3 is 1.61 bits per heavy atom. The van der Waals surface area contributed by atoms with Gasteiger partial charge in [-0.1, -0.05) is 103 Å². The smallest absolute Gasteiger partial charge is 0.239 e. The highest BCUT2D eigenvalue weighted by atomic mass is 16.2. The lowest BCUT2D eigenvalue weighted by molar-refractivity contribution is -0.128. The maximum Gasteiger partial charge on any atom is 0.239 e.